The second-order valence-corrected chi connectivity index (χ2v) is 16.4. The Labute approximate surface area is 270 Å². The summed E-state index contributed by atoms with van der Waals surface area (Å²) in [6, 6.07) is 4.10. The molecule has 10 rings (SSSR count). The van der Waals surface area contributed by atoms with E-state index in [0.29, 0.717) is 52.9 Å². The average Bonchev–Trinajstić information content (AvgIpc) is 3.00. The fraction of sp³-hybridized carbons (Fsp3) is 0.842. The third-order valence-corrected chi connectivity index (χ3v) is 13.3. The largest absolute Gasteiger partial charge is 0.497 e. The first kappa shape index (κ1) is 30.9. The lowest BCUT2D eigenvalue weighted by Gasteiger charge is -2.59. The van der Waals surface area contributed by atoms with Gasteiger partial charge in [-0.25, -0.2) is 0 Å². The Morgan fingerprint density at radius 1 is 0.533 bits per heavy atom. The molecule has 7 heteroatoms. The molecule has 0 amide bonds. The van der Waals surface area contributed by atoms with Crippen LogP contribution in [0.15, 0.2) is 12.1 Å². The van der Waals surface area contributed by atoms with E-state index in [2.05, 4.69) is 12.1 Å². The first-order valence-corrected chi connectivity index (χ1v) is 18.2. The number of fused-ring (bicyclic) bond motifs is 2. The van der Waals surface area contributed by atoms with Gasteiger partial charge in [0, 0.05) is 11.1 Å². The van der Waals surface area contributed by atoms with Gasteiger partial charge < -0.3 is 33.2 Å². The summed E-state index contributed by atoms with van der Waals surface area (Å²) in [6.07, 6.45) is 16.4. The minimum atomic E-state index is 0.0875. The van der Waals surface area contributed by atoms with Gasteiger partial charge in [0.2, 0.25) is 0 Å². The highest BCUT2D eigenvalue weighted by Crippen LogP contribution is 2.63. The highest BCUT2D eigenvalue weighted by Gasteiger charge is 2.56. The minimum Gasteiger partial charge on any atom is -0.497 e. The maximum absolute atomic E-state index is 6.75. The van der Waals surface area contributed by atoms with E-state index in [4.69, 9.17) is 33.2 Å². The van der Waals surface area contributed by atoms with Crippen molar-refractivity contribution >= 4 is 0 Å². The summed E-state index contributed by atoms with van der Waals surface area (Å²) in [6.45, 7) is 4.48. The zero-order valence-corrected chi connectivity index (χ0v) is 27.8. The van der Waals surface area contributed by atoms with Crippen LogP contribution >= 0.6 is 0 Å². The van der Waals surface area contributed by atoms with Crippen molar-refractivity contribution in [3.63, 3.8) is 0 Å². The first-order chi connectivity index (χ1) is 22.0. The Hall–Kier alpha value is -1.38. The molecule has 1 aliphatic heterocycles. The van der Waals surface area contributed by atoms with Crippen molar-refractivity contribution in [1.82, 2.24) is 0 Å². The number of hydrogen-bond donors (Lipinski definition) is 0. The number of benzene rings is 1. The van der Waals surface area contributed by atoms with Crippen LogP contribution in [-0.2, 0) is 36.9 Å². The zero-order valence-electron chi connectivity index (χ0n) is 27.8. The molecule has 2 atom stereocenters. The molecule has 9 aliphatic rings. The van der Waals surface area contributed by atoms with Crippen molar-refractivity contribution in [2.45, 2.75) is 102 Å². The molecule has 0 saturated heterocycles. The quantitative estimate of drug-likeness (QED) is 0.359. The van der Waals surface area contributed by atoms with E-state index >= 15 is 0 Å². The van der Waals surface area contributed by atoms with Gasteiger partial charge in [-0.15, -0.1) is 0 Å². The molecule has 0 unspecified atom stereocenters. The maximum atomic E-state index is 6.75. The Kier molecular flexibility index (Phi) is 8.87. The molecule has 10 bridgehead atoms. The summed E-state index contributed by atoms with van der Waals surface area (Å²) < 4.78 is 44.5. The summed E-state index contributed by atoms with van der Waals surface area (Å²) in [5.41, 5.74) is 2.47. The summed E-state index contributed by atoms with van der Waals surface area (Å²) in [5, 5.41) is 0. The third-order valence-electron chi connectivity index (χ3n) is 13.3. The van der Waals surface area contributed by atoms with Crippen LogP contribution in [-0.4, -0.2) is 66.1 Å². The third kappa shape index (κ3) is 6.19. The number of ether oxygens (including phenoxy) is 7. The Morgan fingerprint density at radius 3 is 1.29 bits per heavy atom. The predicted octanol–water partition coefficient (Wildman–Crippen LogP) is 6.97. The summed E-state index contributed by atoms with van der Waals surface area (Å²) in [4.78, 5) is 0. The van der Waals surface area contributed by atoms with Crippen molar-refractivity contribution in [3.05, 3.63) is 23.3 Å². The number of rotatable bonds is 4. The lowest BCUT2D eigenvalue weighted by atomic mass is 9.48. The SMILES string of the molecule is COc1cc2c(OC)c(c1)COC[C@H](C13CC4CC(CC(C4)C1)C3)OCCOCCO[C@@H](C13CC4CC(CC(C4)C1)C3)COC2. The van der Waals surface area contributed by atoms with Crippen LogP contribution in [0.5, 0.6) is 11.5 Å². The van der Waals surface area contributed by atoms with Crippen molar-refractivity contribution in [2.75, 3.05) is 53.9 Å². The minimum absolute atomic E-state index is 0.0875. The molecule has 0 radical (unpaired) electrons. The van der Waals surface area contributed by atoms with E-state index < -0.39 is 0 Å². The van der Waals surface area contributed by atoms with Crippen LogP contribution in [0, 0.1) is 46.3 Å². The predicted molar refractivity (Wildman–Crippen MR) is 170 cm³/mol. The van der Waals surface area contributed by atoms with Crippen molar-refractivity contribution in [1.29, 1.82) is 0 Å². The summed E-state index contributed by atoms with van der Waals surface area (Å²) in [7, 11) is 3.48. The first-order valence-electron chi connectivity index (χ1n) is 18.2. The lowest BCUT2D eigenvalue weighted by Crippen LogP contribution is -2.54. The molecule has 1 heterocycles. The highest BCUT2D eigenvalue weighted by atomic mass is 16.6. The molecule has 1 aromatic carbocycles. The standard InChI is InChI=1S/C38H56O7/c1-39-33-13-31-21-42-23-34(37-15-25-7-26(16-37)9-27(8-25)17-37)44-5-3-41-4-6-45-35(24-43-22-32(14-33)36(31)40-2)38-18-28-10-29(19-38)12-30(11-28)20-38/h13-14,25-30,34-35H,3-12,15-24H2,1-2H3/t25?,26?,27?,28?,29?,30?,34-,35-,37?,38?/m1/s1. The van der Waals surface area contributed by atoms with Gasteiger partial charge in [-0.1, -0.05) is 0 Å². The summed E-state index contributed by atoms with van der Waals surface area (Å²) in [5.74, 6) is 6.84. The van der Waals surface area contributed by atoms with Crippen molar-refractivity contribution in [2.24, 2.45) is 46.3 Å². The fourth-order valence-corrected chi connectivity index (χ4v) is 12.4. The van der Waals surface area contributed by atoms with Crippen LogP contribution < -0.4 is 9.47 Å². The van der Waals surface area contributed by atoms with Crippen LogP contribution in [0.25, 0.3) is 0 Å². The van der Waals surface area contributed by atoms with Gasteiger partial charge in [-0.2, -0.15) is 0 Å². The Bertz CT molecular complexity index is 1030. The molecule has 8 aliphatic carbocycles. The topological polar surface area (TPSA) is 64.6 Å². The van der Waals surface area contributed by atoms with Crippen molar-refractivity contribution < 1.29 is 33.2 Å². The Balaban J connectivity index is 1.02. The monoisotopic (exact) mass is 624 g/mol. The Morgan fingerprint density at radius 2 is 0.933 bits per heavy atom. The molecule has 1 aromatic rings. The van der Waals surface area contributed by atoms with E-state index in [1.54, 1.807) is 14.2 Å². The zero-order chi connectivity index (χ0) is 30.4. The fourth-order valence-electron chi connectivity index (χ4n) is 12.4. The molecule has 0 spiro atoms. The summed E-state index contributed by atoms with van der Waals surface area (Å²) >= 11 is 0. The van der Waals surface area contributed by atoms with Gasteiger partial charge in [0.25, 0.3) is 0 Å². The molecular formula is C38H56O7. The van der Waals surface area contributed by atoms with Crippen LogP contribution in [0.2, 0.25) is 0 Å². The van der Waals surface area contributed by atoms with Gasteiger partial charge >= 0.3 is 0 Å². The normalized spacial score (nSPS) is 43.5. The number of hydrogen-bond acceptors (Lipinski definition) is 7. The lowest BCUT2D eigenvalue weighted by molar-refractivity contribution is -0.174. The average molecular weight is 625 g/mol. The smallest absolute Gasteiger partial charge is 0.130 e. The van der Waals surface area contributed by atoms with Gasteiger partial charge in [0.05, 0.1) is 79.3 Å². The van der Waals surface area contributed by atoms with Gasteiger partial charge in [-0.05, 0) is 136 Å². The van der Waals surface area contributed by atoms with Crippen LogP contribution in [0.3, 0.4) is 0 Å². The number of methoxy groups -OCH3 is 2. The molecule has 8 saturated carbocycles. The van der Waals surface area contributed by atoms with E-state index in [0.717, 1.165) is 58.1 Å². The van der Waals surface area contributed by atoms with Gasteiger partial charge in [0.15, 0.2) is 0 Å². The van der Waals surface area contributed by atoms with E-state index in [1.165, 1.54) is 77.0 Å². The van der Waals surface area contributed by atoms with E-state index in [1.807, 2.05) is 0 Å². The molecule has 8 fully saturated rings. The molecular weight excluding hydrogens is 568 g/mol. The maximum Gasteiger partial charge on any atom is 0.130 e. The van der Waals surface area contributed by atoms with E-state index in [-0.39, 0.29) is 23.0 Å². The molecule has 0 N–H and O–H groups in total. The van der Waals surface area contributed by atoms with Crippen molar-refractivity contribution in [3.8, 4) is 11.5 Å². The molecule has 7 nitrogen and oxygen atoms in total. The second-order valence-electron chi connectivity index (χ2n) is 16.4. The van der Waals surface area contributed by atoms with Gasteiger partial charge in [0.1, 0.15) is 11.5 Å². The highest BCUT2D eigenvalue weighted by molar-refractivity contribution is 5.47. The van der Waals surface area contributed by atoms with Gasteiger partial charge in [-0.3, -0.25) is 0 Å². The van der Waals surface area contributed by atoms with E-state index in [9.17, 15) is 0 Å². The second kappa shape index (κ2) is 12.9. The molecule has 250 valence electrons. The van der Waals surface area contributed by atoms with Crippen LogP contribution in [0.1, 0.15) is 88.2 Å². The molecule has 45 heavy (non-hydrogen) atoms. The van der Waals surface area contributed by atoms with Crippen LogP contribution in [0.4, 0.5) is 0 Å². The molecule has 0 aromatic heterocycles.